The first kappa shape index (κ1) is 14.2. The van der Waals surface area contributed by atoms with E-state index in [2.05, 4.69) is 6.58 Å². The van der Waals surface area contributed by atoms with Crippen molar-refractivity contribution in [1.29, 1.82) is 0 Å². The van der Waals surface area contributed by atoms with Crippen LogP contribution >= 0.6 is 0 Å². The molecule has 88 valence electrons. The Morgan fingerprint density at radius 1 is 1.62 bits per heavy atom. The topological polar surface area (TPSA) is 63.3 Å². The number of hydrogen-bond donors (Lipinski definition) is 2. The molecule has 0 aliphatic rings. The smallest absolute Gasteiger partial charge is 0.300 e. The van der Waals surface area contributed by atoms with Crippen molar-refractivity contribution < 1.29 is 14.3 Å². The van der Waals surface area contributed by atoms with E-state index in [1.165, 1.54) is 6.07 Å². The zero-order valence-electron chi connectivity index (χ0n) is 9.46. The van der Waals surface area contributed by atoms with Gasteiger partial charge in [0.2, 0.25) is 0 Å². The average molecular weight is 225 g/mol. The first-order valence-corrected chi connectivity index (χ1v) is 4.82. The van der Waals surface area contributed by atoms with E-state index in [1.54, 1.807) is 12.1 Å². The van der Waals surface area contributed by atoms with Crippen LogP contribution in [0.4, 0.5) is 10.1 Å². The third-order valence-corrected chi connectivity index (χ3v) is 1.89. The molecule has 1 aromatic carbocycles. The summed E-state index contributed by atoms with van der Waals surface area (Å²) in [5, 5.41) is 7.42. The Kier molecular flexibility index (Phi) is 5.85. The molecule has 0 aliphatic carbocycles. The molecular weight excluding hydrogens is 209 g/mol. The van der Waals surface area contributed by atoms with E-state index in [4.69, 9.17) is 15.6 Å². The first-order chi connectivity index (χ1) is 7.43. The Hall–Kier alpha value is -1.84. The number of halogens is 1. The second kappa shape index (κ2) is 6.61. The molecule has 3 N–H and O–H groups in total. The maximum atomic E-state index is 13.1. The maximum Gasteiger partial charge on any atom is 0.300 e. The molecule has 1 aromatic rings. The molecule has 16 heavy (non-hydrogen) atoms. The second-order valence-electron chi connectivity index (χ2n) is 3.11. The van der Waals surface area contributed by atoms with Crippen LogP contribution < -0.4 is 5.73 Å². The van der Waals surface area contributed by atoms with Crippen molar-refractivity contribution in [3.63, 3.8) is 0 Å². The van der Waals surface area contributed by atoms with E-state index in [9.17, 15) is 4.39 Å². The quantitative estimate of drug-likeness (QED) is 0.760. The lowest BCUT2D eigenvalue weighted by molar-refractivity contribution is -0.134. The van der Waals surface area contributed by atoms with Crippen LogP contribution in [0.15, 0.2) is 18.7 Å². The summed E-state index contributed by atoms with van der Waals surface area (Å²) in [4.78, 5) is 9.00. The number of carboxylic acids is 1. The molecule has 0 saturated heterocycles. The molecule has 0 unspecified atom stereocenters. The standard InChI is InChI=1S/C10H12FN.C2H4O2/c1-3-7-8(4-2)10(12)6-5-9(7)11;1-2(3)4/h4-6H,2-3,12H2,1H3;1H3,(H,3,4). The van der Waals surface area contributed by atoms with E-state index in [-0.39, 0.29) is 5.82 Å². The van der Waals surface area contributed by atoms with Gasteiger partial charge < -0.3 is 10.8 Å². The number of benzene rings is 1. The van der Waals surface area contributed by atoms with Crippen LogP contribution in [0.1, 0.15) is 25.0 Å². The lowest BCUT2D eigenvalue weighted by Crippen LogP contribution is -1.97. The molecule has 3 nitrogen and oxygen atoms in total. The number of anilines is 1. The van der Waals surface area contributed by atoms with Crippen LogP contribution in [0, 0.1) is 5.82 Å². The van der Waals surface area contributed by atoms with Crippen LogP contribution in [-0.4, -0.2) is 11.1 Å². The summed E-state index contributed by atoms with van der Waals surface area (Å²) in [5.74, 6) is -1.04. The number of nitrogens with two attached hydrogens (primary N) is 1. The average Bonchev–Trinajstić information content (AvgIpc) is 2.20. The van der Waals surface area contributed by atoms with Crippen molar-refractivity contribution in [2.75, 3.05) is 5.73 Å². The van der Waals surface area contributed by atoms with Crippen molar-refractivity contribution in [3.05, 3.63) is 35.7 Å². The molecule has 0 aliphatic heterocycles. The fourth-order valence-electron chi connectivity index (χ4n) is 1.26. The van der Waals surface area contributed by atoms with Gasteiger partial charge in [-0.05, 0) is 24.1 Å². The Bertz CT molecular complexity index is 385. The summed E-state index contributed by atoms with van der Waals surface area (Å²) >= 11 is 0. The number of nitrogen functional groups attached to an aromatic ring is 1. The molecule has 1 rings (SSSR count). The number of rotatable bonds is 2. The largest absolute Gasteiger partial charge is 0.481 e. The first-order valence-electron chi connectivity index (χ1n) is 4.82. The van der Waals surface area contributed by atoms with E-state index in [1.807, 2.05) is 6.92 Å². The minimum Gasteiger partial charge on any atom is -0.481 e. The van der Waals surface area contributed by atoms with Gasteiger partial charge in [-0.15, -0.1) is 0 Å². The SMILES string of the molecule is C=Cc1c(N)ccc(F)c1CC.CC(=O)O. The normalized spacial score (nSPS) is 8.94. The van der Waals surface area contributed by atoms with E-state index < -0.39 is 5.97 Å². The Labute approximate surface area is 94.4 Å². The van der Waals surface area contributed by atoms with E-state index >= 15 is 0 Å². The number of carbonyl (C=O) groups is 1. The summed E-state index contributed by atoms with van der Waals surface area (Å²) < 4.78 is 13.1. The Morgan fingerprint density at radius 2 is 2.12 bits per heavy atom. The minimum absolute atomic E-state index is 0.207. The van der Waals surface area contributed by atoms with Gasteiger partial charge in [0, 0.05) is 18.2 Å². The Balaban J connectivity index is 0.000000487. The minimum atomic E-state index is -0.833. The highest BCUT2D eigenvalue weighted by atomic mass is 19.1. The number of hydrogen-bond acceptors (Lipinski definition) is 2. The van der Waals surface area contributed by atoms with Gasteiger partial charge in [-0.1, -0.05) is 19.6 Å². The predicted molar refractivity (Wildman–Crippen MR) is 63.6 cm³/mol. The van der Waals surface area contributed by atoms with Gasteiger partial charge in [0.25, 0.3) is 5.97 Å². The molecule has 0 heterocycles. The summed E-state index contributed by atoms with van der Waals surface area (Å²) in [5.41, 5.74) is 7.59. The second-order valence-corrected chi connectivity index (χ2v) is 3.11. The van der Waals surface area contributed by atoms with E-state index in [0.717, 1.165) is 12.5 Å². The molecule has 0 bridgehead atoms. The molecule has 0 fully saturated rings. The maximum absolute atomic E-state index is 13.1. The third kappa shape index (κ3) is 4.13. The fourth-order valence-corrected chi connectivity index (χ4v) is 1.26. The predicted octanol–water partition coefficient (Wildman–Crippen LogP) is 2.70. The fraction of sp³-hybridized carbons (Fsp3) is 0.250. The van der Waals surface area contributed by atoms with Crippen molar-refractivity contribution in [1.82, 2.24) is 0 Å². The van der Waals surface area contributed by atoms with Gasteiger partial charge in [0.05, 0.1) is 0 Å². The van der Waals surface area contributed by atoms with Gasteiger partial charge in [-0.3, -0.25) is 4.79 Å². The molecule has 4 heteroatoms. The molecule has 0 spiro atoms. The Morgan fingerprint density at radius 3 is 2.44 bits per heavy atom. The van der Waals surface area contributed by atoms with E-state index in [0.29, 0.717) is 17.7 Å². The van der Waals surface area contributed by atoms with Crippen LogP contribution in [-0.2, 0) is 11.2 Å². The third-order valence-electron chi connectivity index (χ3n) is 1.89. The van der Waals surface area contributed by atoms with Crippen LogP contribution in [0.25, 0.3) is 6.08 Å². The number of carboxylic acid groups (broad SMARTS) is 1. The van der Waals surface area contributed by atoms with Crippen molar-refractivity contribution >= 4 is 17.7 Å². The van der Waals surface area contributed by atoms with Crippen LogP contribution in [0.3, 0.4) is 0 Å². The number of aliphatic carboxylic acids is 1. The lowest BCUT2D eigenvalue weighted by Gasteiger charge is -2.07. The summed E-state index contributed by atoms with van der Waals surface area (Å²) in [6.45, 7) is 6.57. The highest BCUT2D eigenvalue weighted by Gasteiger charge is 2.06. The van der Waals surface area contributed by atoms with Gasteiger partial charge >= 0.3 is 0 Å². The van der Waals surface area contributed by atoms with Crippen molar-refractivity contribution in [2.45, 2.75) is 20.3 Å². The van der Waals surface area contributed by atoms with Crippen LogP contribution in [0.5, 0.6) is 0 Å². The highest BCUT2D eigenvalue weighted by molar-refractivity contribution is 5.66. The molecule has 0 saturated carbocycles. The zero-order chi connectivity index (χ0) is 12.7. The lowest BCUT2D eigenvalue weighted by atomic mass is 10.0. The summed E-state index contributed by atoms with van der Waals surface area (Å²) in [7, 11) is 0. The van der Waals surface area contributed by atoms with Gasteiger partial charge in [0.15, 0.2) is 0 Å². The molecular formula is C12H16FNO2. The van der Waals surface area contributed by atoms with Gasteiger partial charge in [0.1, 0.15) is 5.82 Å². The molecule has 0 atom stereocenters. The van der Waals surface area contributed by atoms with Crippen molar-refractivity contribution in [3.8, 4) is 0 Å². The van der Waals surface area contributed by atoms with Gasteiger partial charge in [-0.2, -0.15) is 0 Å². The molecule has 0 amide bonds. The van der Waals surface area contributed by atoms with Crippen LogP contribution in [0.2, 0.25) is 0 Å². The van der Waals surface area contributed by atoms with Crippen molar-refractivity contribution in [2.24, 2.45) is 0 Å². The summed E-state index contributed by atoms with van der Waals surface area (Å²) in [6, 6.07) is 2.95. The molecule has 0 aromatic heterocycles. The molecule has 0 radical (unpaired) electrons. The van der Waals surface area contributed by atoms with Gasteiger partial charge in [-0.25, -0.2) is 4.39 Å². The summed E-state index contributed by atoms with van der Waals surface area (Å²) in [6.07, 6.45) is 2.23. The zero-order valence-corrected chi connectivity index (χ0v) is 9.46. The monoisotopic (exact) mass is 225 g/mol. The highest BCUT2D eigenvalue weighted by Crippen LogP contribution is 2.21.